The molecule has 0 unspecified atom stereocenters. The average Bonchev–Trinajstić information content (AvgIpc) is 2.31. The lowest BCUT2D eigenvalue weighted by molar-refractivity contribution is 1.43. The van der Waals surface area contributed by atoms with Crippen LogP contribution in [0, 0.1) is 22.7 Å². The second kappa shape index (κ2) is 6.07. The molecule has 0 aliphatic rings. The third-order valence-electron chi connectivity index (χ3n) is 1.78. The summed E-state index contributed by atoms with van der Waals surface area (Å²) >= 11 is 7.25. The summed E-state index contributed by atoms with van der Waals surface area (Å²) < 4.78 is 0. The van der Waals surface area contributed by atoms with Crippen molar-refractivity contribution in [2.75, 3.05) is 11.6 Å². The molecule has 1 aromatic carbocycles. The first-order chi connectivity index (χ1) is 7.72. The SMILES string of the molecule is CSC(Nc1ccccc1Cl)=C(C#N)C#N. The van der Waals surface area contributed by atoms with Crippen LogP contribution in [0.2, 0.25) is 5.02 Å². The van der Waals surface area contributed by atoms with E-state index in [1.807, 2.05) is 24.3 Å². The molecule has 0 saturated heterocycles. The normalized spacial score (nSPS) is 8.75. The van der Waals surface area contributed by atoms with Crippen molar-refractivity contribution in [2.24, 2.45) is 0 Å². The van der Waals surface area contributed by atoms with E-state index in [1.54, 1.807) is 18.4 Å². The first-order valence-electron chi connectivity index (χ1n) is 4.33. The van der Waals surface area contributed by atoms with Gasteiger partial charge in [-0.15, -0.1) is 11.8 Å². The summed E-state index contributed by atoms with van der Waals surface area (Å²) in [5.74, 6) is 0. The Morgan fingerprint density at radius 3 is 2.44 bits per heavy atom. The second-order valence-electron chi connectivity index (χ2n) is 2.74. The van der Waals surface area contributed by atoms with E-state index in [0.717, 1.165) is 0 Å². The molecule has 3 nitrogen and oxygen atoms in total. The number of rotatable bonds is 3. The van der Waals surface area contributed by atoms with Crippen LogP contribution in [0.5, 0.6) is 0 Å². The number of nitrogens with one attached hydrogen (secondary N) is 1. The van der Waals surface area contributed by atoms with Crippen molar-refractivity contribution in [3.8, 4) is 12.1 Å². The number of nitriles is 2. The van der Waals surface area contributed by atoms with Crippen LogP contribution in [0.3, 0.4) is 0 Å². The number of nitrogens with zero attached hydrogens (tertiary/aromatic N) is 2. The summed E-state index contributed by atoms with van der Waals surface area (Å²) in [6.07, 6.45) is 1.79. The molecule has 1 rings (SSSR count). The Morgan fingerprint density at radius 2 is 1.94 bits per heavy atom. The van der Waals surface area contributed by atoms with Gasteiger partial charge in [-0.25, -0.2) is 0 Å². The molecule has 5 heteroatoms. The fourth-order valence-electron chi connectivity index (χ4n) is 1.03. The molecule has 0 atom stereocenters. The van der Waals surface area contributed by atoms with Crippen LogP contribution in [0.15, 0.2) is 34.9 Å². The maximum absolute atomic E-state index is 8.76. The zero-order valence-corrected chi connectivity index (χ0v) is 10.1. The fraction of sp³-hybridized carbons (Fsp3) is 0.0909. The lowest BCUT2D eigenvalue weighted by Gasteiger charge is -2.09. The maximum atomic E-state index is 8.76. The number of allylic oxidation sites excluding steroid dienone is 1. The summed E-state index contributed by atoms with van der Waals surface area (Å²) in [6, 6.07) is 10.8. The highest BCUT2D eigenvalue weighted by atomic mass is 35.5. The smallest absolute Gasteiger partial charge is 0.159 e. The third kappa shape index (κ3) is 2.93. The van der Waals surface area contributed by atoms with Gasteiger partial charge in [-0.1, -0.05) is 23.7 Å². The summed E-state index contributed by atoms with van der Waals surface area (Å²) in [4.78, 5) is 0. The summed E-state index contributed by atoms with van der Waals surface area (Å²) in [5.41, 5.74) is 0.726. The van der Waals surface area contributed by atoms with Crippen molar-refractivity contribution in [1.29, 1.82) is 10.5 Å². The Kier molecular flexibility index (Phi) is 4.72. The van der Waals surface area contributed by atoms with Crippen molar-refractivity contribution in [3.05, 3.63) is 39.9 Å². The van der Waals surface area contributed by atoms with E-state index in [2.05, 4.69) is 5.32 Å². The molecular weight excluding hydrogens is 242 g/mol. The molecule has 1 aromatic rings. The molecule has 0 aliphatic carbocycles. The molecule has 0 aromatic heterocycles. The van der Waals surface area contributed by atoms with Crippen molar-refractivity contribution < 1.29 is 0 Å². The first-order valence-corrected chi connectivity index (χ1v) is 5.93. The van der Waals surface area contributed by atoms with E-state index in [1.165, 1.54) is 11.8 Å². The minimum atomic E-state index is 0.0485. The van der Waals surface area contributed by atoms with Gasteiger partial charge in [0.25, 0.3) is 0 Å². The van der Waals surface area contributed by atoms with Gasteiger partial charge in [-0.05, 0) is 18.4 Å². The average molecular weight is 250 g/mol. The minimum absolute atomic E-state index is 0.0485. The number of hydrogen-bond donors (Lipinski definition) is 1. The molecule has 0 aliphatic heterocycles. The van der Waals surface area contributed by atoms with E-state index in [0.29, 0.717) is 15.7 Å². The van der Waals surface area contributed by atoms with Crippen molar-refractivity contribution in [3.63, 3.8) is 0 Å². The number of para-hydroxylation sites is 1. The Morgan fingerprint density at radius 1 is 1.31 bits per heavy atom. The summed E-state index contributed by atoms with van der Waals surface area (Å²) in [5, 5.41) is 21.5. The van der Waals surface area contributed by atoms with Crippen LogP contribution < -0.4 is 5.32 Å². The van der Waals surface area contributed by atoms with E-state index < -0.39 is 0 Å². The number of anilines is 1. The van der Waals surface area contributed by atoms with E-state index in [4.69, 9.17) is 22.1 Å². The van der Waals surface area contributed by atoms with Crippen LogP contribution in [0.4, 0.5) is 5.69 Å². The van der Waals surface area contributed by atoms with Gasteiger partial charge in [-0.2, -0.15) is 10.5 Å². The Balaban J connectivity index is 3.06. The van der Waals surface area contributed by atoms with Crippen LogP contribution >= 0.6 is 23.4 Å². The van der Waals surface area contributed by atoms with Crippen LogP contribution in [0.1, 0.15) is 0 Å². The third-order valence-corrected chi connectivity index (χ3v) is 2.82. The standard InChI is InChI=1S/C11H8ClN3S/c1-16-11(8(6-13)7-14)15-10-5-3-2-4-9(10)12/h2-5,15H,1H3. The molecule has 0 saturated carbocycles. The maximum Gasteiger partial charge on any atom is 0.159 e. The topological polar surface area (TPSA) is 59.6 Å². The molecule has 0 heterocycles. The largest absolute Gasteiger partial charge is 0.347 e. The highest BCUT2D eigenvalue weighted by Gasteiger charge is 2.07. The molecular formula is C11H8ClN3S. The van der Waals surface area contributed by atoms with Gasteiger partial charge < -0.3 is 5.32 Å². The molecule has 0 radical (unpaired) electrons. The van der Waals surface area contributed by atoms with Gasteiger partial charge in [-0.3, -0.25) is 0 Å². The van der Waals surface area contributed by atoms with Crippen LogP contribution in [-0.4, -0.2) is 6.26 Å². The lowest BCUT2D eigenvalue weighted by Crippen LogP contribution is -1.99. The summed E-state index contributed by atoms with van der Waals surface area (Å²) in [6.45, 7) is 0. The quantitative estimate of drug-likeness (QED) is 0.835. The zero-order valence-electron chi connectivity index (χ0n) is 8.49. The van der Waals surface area contributed by atoms with Gasteiger partial charge in [0.2, 0.25) is 0 Å². The fourth-order valence-corrected chi connectivity index (χ4v) is 1.72. The molecule has 80 valence electrons. The van der Waals surface area contributed by atoms with E-state index in [9.17, 15) is 0 Å². The second-order valence-corrected chi connectivity index (χ2v) is 3.96. The zero-order chi connectivity index (χ0) is 12.0. The van der Waals surface area contributed by atoms with Crippen molar-refractivity contribution in [2.45, 2.75) is 0 Å². The predicted molar refractivity (Wildman–Crippen MR) is 66.8 cm³/mol. The van der Waals surface area contributed by atoms with Gasteiger partial charge in [0.05, 0.1) is 10.7 Å². The molecule has 0 amide bonds. The Bertz CT molecular complexity index is 481. The lowest BCUT2D eigenvalue weighted by atomic mass is 10.3. The minimum Gasteiger partial charge on any atom is -0.347 e. The number of benzene rings is 1. The van der Waals surface area contributed by atoms with Crippen molar-refractivity contribution >= 4 is 29.1 Å². The predicted octanol–water partition coefficient (Wildman–Crippen LogP) is 3.37. The Labute approximate surface area is 103 Å². The molecule has 0 bridgehead atoms. The van der Waals surface area contributed by atoms with Crippen LogP contribution in [-0.2, 0) is 0 Å². The molecule has 1 N–H and O–H groups in total. The molecule has 0 spiro atoms. The first kappa shape index (κ1) is 12.4. The summed E-state index contributed by atoms with van der Waals surface area (Å²) in [7, 11) is 0. The highest BCUT2D eigenvalue weighted by Crippen LogP contribution is 2.26. The van der Waals surface area contributed by atoms with Crippen molar-refractivity contribution in [1.82, 2.24) is 0 Å². The van der Waals surface area contributed by atoms with Gasteiger partial charge in [0, 0.05) is 0 Å². The van der Waals surface area contributed by atoms with Gasteiger partial charge in [0.15, 0.2) is 5.57 Å². The van der Waals surface area contributed by atoms with E-state index >= 15 is 0 Å². The molecule has 0 fully saturated rings. The van der Waals surface area contributed by atoms with Crippen LogP contribution in [0.25, 0.3) is 0 Å². The monoisotopic (exact) mass is 249 g/mol. The molecule has 16 heavy (non-hydrogen) atoms. The number of hydrogen-bond acceptors (Lipinski definition) is 4. The highest BCUT2D eigenvalue weighted by molar-refractivity contribution is 8.02. The Hall–Kier alpha value is -1.62. The number of halogens is 1. The number of thioether (sulfide) groups is 1. The van der Waals surface area contributed by atoms with Gasteiger partial charge in [0.1, 0.15) is 17.2 Å². The van der Waals surface area contributed by atoms with Gasteiger partial charge >= 0.3 is 0 Å². The van der Waals surface area contributed by atoms with E-state index in [-0.39, 0.29) is 5.57 Å².